The van der Waals surface area contributed by atoms with Crippen LogP contribution in [0.3, 0.4) is 0 Å². The minimum Gasteiger partial charge on any atom is -0.295 e. The molecular formula is C16H16FN. The van der Waals surface area contributed by atoms with Crippen LogP contribution in [0.25, 0.3) is 0 Å². The lowest BCUT2D eigenvalue weighted by atomic mass is 9.89. The van der Waals surface area contributed by atoms with E-state index in [1.54, 1.807) is 12.1 Å². The largest absolute Gasteiger partial charge is 0.295 e. The Balaban J connectivity index is 2.07. The molecule has 0 bridgehead atoms. The van der Waals surface area contributed by atoms with Crippen molar-refractivity contribution < 1.29 is 4.39 Å². The smallest absolute Gasteiger partial charge is 0.123 e. The van der Waals surface area contributed by atoms with Gasteiger partial charge < -0.3 is 0 Å². The zero-order chi connectivity index (χ0) is 12.5. The van der Waals surface area contributed by atoms with Crippen molar-refractivity contribution in [3.63, 3.8) is 0 Å². The zero-order valence-electron chi connectivity index (χ0n) is 10.4. The number of nitrogens with zero attached hydrogens (tertiary/aromatic N) is 1. The first kappa shape index (κ1) is 11.4. The average molecular weight is 241 g/mol. The number of halogens is 1. The van der Waals surface area contributed by atoms with E-state index in [9.17, 15) is 4.39 Å². The van der Waals surface area contributed by atoms with Crippen LogP contribution in [-0.4, -0.2) is 18.5 Å². The van der Waals surface area contributed by atoms with Crippen LogP contribution in [0.15, 0.2) is 48.5 Å². The monoisotopic (exact) mass is 241 g/mol. The quantitative estimate of drug-likeness (QED) is 0.739. The second-order valence-electron chi connectivity index (χ2n) is 4.88. The third-order valence-electron chi connectivity index (χ3n) is 3.71. The summed E-state index contributed by atoms with van der Waals surface area (Å²) >= 11 is 0. The molecule has 2 aromatic rings. The Morgan fingerprint density at radius 2 is 1.78 bits per heavy atom. The molecule has 2 aromatic carbocycles. The van der Waals surface area contributed by atoms with E-state index in [1.807, 2.05) is 12.1 Å². The van der Waals surface area contributed by atoms with Gasteiger partial charge >= 0.3 is 0 Å². The summed E-state index contributed by atoms with van der Waals surface area (Å²) in [6.45, 7) is 1.04. The maximum Gasteiger partial charge on any atom is 0.123 e. The minimum atomic E-state index is -0.175. The molecule has 1 unspecified atom stereocenters. The molecule has 0 aliphatic carbocycles. The highest BCUT2D eigenvalue weighted by molar-refractivity contribution is 5.39. The van der Waals surface area contributed by atoms with Crippen molar-refractivity contribution >= 4 is 0 Å². The second-order valence-corrected chi connectivity index (χ2v) is 4.88. The molecule has 0 N–H and O–H groups in total. The van der Waals surface area contributed by atoms with E-state index >= 15 is 0 Å². The first-order chi connectivity index (χ1) is 8.75. The number of hydrogen-bond acceptors (Lipinski definition) is 1. The van der Waals surface area contributed by atoms with Crippen LogP contribution < -0.4 is 0 Å². The van der Waals surface area contributed by atoms with Crippen molar-refractivity contribution in [1.82, 2.24) is 4.90 Å². The van der Waals surface area contributed by atoms with Gasteiger partial charge in [-0.3, -0.25) is 4.90 Å². The lowest BCUT2D eigenvalue weighted by Crippen LogP contribution is -2.32. The number of hydrogen-bond donors (Lipinski definition) is 0. The molecule has 1 aliphatic rings. The summed E-state index contributed by atoms with van der Waals surface area (Å²) in [6, 6.07) is 15.6. The molecule has 18 heavy (non-hydrogen) atoms. The molecule has 0 aromatic heterocycles. The average Bonchev–Trinajstić information content (AvgIpc) is 2.40. The summed E-state index contributed by atoms with van der Waals surface area (Å²) in [5.74, 6) is -0.175. The first-order valence-corrected chi connectivity index (χ1v) is 6.29. The third-order valence-corrected chi connectivity index (χ3v) is 3.71. The Morgan fingerprint density at radius 3 is 2.56 bits per heavy atom. The fourth-order valence-corrected chi connectivity index (χ4v) is 2.77. The molecule has 1 atom stereocenters. The fraction of sp³-hybridized carbons (Fsp3) is 0.250. The summed E-state index contributed by atoms with van der Waals surface area (Å²) in [4.78, 5) is 2.33. The number of likely N-dealkylation sites (N-methyl/N-ethyl adjacent to an activating group) is 1. The molecule has 0 saturated heterocycles. The maximum atomic E-state index is 13.0. The van der Waals surface area contributed by atoms with Gasteiger partial charge in [0.2, 0.25) is 0 Å². The Labute approximate surface area is 107 Å². The number of rotatable bonds is 1. The van der Waals surface area contributed by atoms with Gasteiger partial charge in [-0.05, 0) is 42.3 Å². The molecule has 2 heteroatoms. The molecule has 1 aliphatic heterocycles. The van der Waals surface area contributed by atoms with E-state index < -0.39 is 0 Å². The second kappa shape index (κ2) is 4.54. The zero-order valence-corrected chi connectivity index (χ0v) is 10.4. The van der Waals surface area contributed by atoms with Crippen LogP contribution in [0.1, 0.15) is 22.7 Å². The molecule has 0 amide bonds. The van der Waals surface area contributed by atoms with Crippen molar-refractivity contribution in [1.29, 1.82) is 0 Å². The summed E-state index contributed by atoms with van der Waals surface area (Å²) in [5.41, 5.74) is 3.91. The van der Waals surface area contributed by atoms with Crippen molar-refractivity contribution in [3.05, 3.63) is 71.0 Å². The molecule has 92 valence electrons. The number of benzene rings is 2. The SMILES string of the molecule is CN1CCc2ccccc2C1c1ccc(F)cc1. The lowest BCUT2D eigenvalue weighted by Gasteiger charge is -2.35. The van der Waals surface area contributed by atoms with Gasteiger partial charge in [-0.25, -0.2) is 4.39 Å². The van der Waals surface area contributed by atoms with Crippen molar-refractivity contribution in [2.75, 3.05) is 13.6 Å². The lowest BCUT2D eigenvalue weighted by molar-refractivity contribution is 0.264. The van der Waals surface area contributed by atoms with Crippen molar-refractivity contribution in [2.24, 2.45) is 0 Å². The van der Waals surface area contributed by atoms with Gasteiger partial charge in [-0.2, -0.15) is 0 Å². The van der Waals surface area contributed by atoms with E-state index in [-0.39, 0.29) is 11.9 Å². The van der Waals surface area contributed by atoms with Gasteiger partial charge in [0.05, 0.1) is 6.04 Å². The highest BCUT2D eigenvalue weighted by Crippen LogP contribution is 2.33. The van der Waals surface area contributed by atoms with Gasteiger partial charge in [-0.15, -0.1) is 0 Å². The van der Waals surface area contributed by atoms with Crippen molar-refractivity contribution in [3.8, 4) is 0 Å². The summed E-state index contributed by atoms with van der Waals surface area (Å²) in [7, 11) is 2.13. The molecule has 0 fully saturated rings. The van der Waals surface area contributed by atoms with Gasteiger partial charge in [0.1, 0.15) is 5.82 Å². The van der Waals surface area contributed by atoms with Crippen LogP contribution in [0.2, 0.25) is 0 Å². The molecule has 0 spiro atoms. The Bertz CT molecular complexity index is 547. The van der Waals surface area contributed by atoms with Gasteiger partial charge in [-0.1, -0.05) is 36.4 Å². The van der Waals surface area contributed by atoms with Crippen LogP contribution in [0.4, 0.5) is 4.39 Å². The minimum absolute atomic E-state index is 0.175. The Hall–Kier alpha value is -1.67. The molecular weight excluding hydrogens is 225 g/mol. The summed E-state index contributed by atoms with van der Waals surface area (Å²) in [5, 5.41) is 0. The molecule has 1 heterocycles. The van der Waals surface area contributed by atoms with E-state index in [0.717, 1.165) is 18.5 Å². The van der Waals surface area contributed by atoms with Crippen LogP contribution in [0, 0.1) is 5.82 Å². The molecule has 0 saturated carbocycles. The Kier molecular flexibility index (Phi) is 2.88. The number of fused-ring (bicyclic) bond motifs is 1. The van der Waals surface area contributed by atoms with Crippen LogP contribution in [-0.2, 0) is 6.42 Å². The normalized spacial score (nSPS) is 19.6. The maximum absolute atomic E-state index is 13.0. The Morgan fingerprint density at radius 1 is 1.06 bits per heavy atom. The predicted molar refractivity (Wildman–Crippen MR) is 71.0 cm³/mol. The van der Waals surface area contributed by atoms with E-state index in [2.05, 4.69) is 36.2 Å². The van der Waals surface area contributed by atoms with Crippen LogP contribution >= 0.6 is 0 Å². The standard InChI is InChI=1S/C16H16FN/c1-18-11-10-12-4-2-3-5-15(12)16(18)13-6-8-14(17)9-7-13/h2-9,16H,10-11H2,1H3. The predicted octanol–water partition coefficient (Wildman–Crippen LogP) is 3.40. The van der Waals surface area contributed by atoms with Crippen molar-refractivity contribution in [2.45, 2.75) is 12.5 Å². The molecule has 0 radical (unpaired) electrons. The fourth-order valence-electron chi connectivity index (χ4n) is 2.77. The molecule has 1 nitrogen and oxygen atoms in total. The van der Waals surface area contributed by atoms with E-state index in [1.165, 1.54) is 11.1 Å². The highest BCUT2D eigenvalue weighted by atomic mass is 19.1. The third kappa shape index (κ3) is 1.93. The first-order valence-electron chi connectivity index (χ1n) is 6.29. The van der Waals surface area contributed by atoms with Gasteiger partial charge in [0.25, 0.3) is 0 Å². The highest BCUT2D eigenvalue weighted by Gasteiger charge is 2.25. The van der Waals surface area contributed by atoms with E-state index in [0.29, 0.717) is 0 Å². The topological polar surface area (TPSA) is 3.24 Å². The summed E-state index contributed by atoms with van der Waals surface area (Å²) < 4.78 is 13.0. The van der Waals surface area contributed by atoms with E-state index in [4.69, 9.17) is 0 Å². The molecule has 3 rings (SSSR count). The van der Waals surface area contributed by atoms with Crippen LogP contribution in [0.5, 0.6) is 0 Å². The summed E-state index contributed by atoms with van der Waals surface area (Å²) in [6.07, 6.45) is 1.09. The van der Waals surface area contributed by atoms with Gasteiger partial charge in [0, 0.05) is 6.54 Å². The van der Waals surface area contributed by atoms with Gasteiger partial charge in [0.15, 0.2) is 0 Å².